The van der Waals surface area contributed by atoms with Crippen LogP contribution in [0, 0.1) is 0 Å². The first kappa shape index (κ1) is 9.58. The van der Waals surface area contributed by atoms with Gasteiger partial charge in [0.15, 0.2) is 12.0 Å². The van der Waals surface area contributed by atoms with Gasteiger partial charge in [-0.2, -0.15) is 0 Å². The van der Waals surface area contributed by atoms with Gasteiger partial charge in [-0.05, 0) is 6.07 Å². The first-order valence-corrected chi connectivity index (χ1v) is 4.54. The minimum Gasteiger partial charge on any atom is -0.496 e. The van der Waals surface area contributed by atoms with Gasteiger partial charge in [0.25, 0.3) is 0 Å². The molecule has 0 radical (unpaired) electrons. The van der Waals surface area contributed by atoms with Crippen LogP contribution in [0.3, 0.4) is 0 Å². The molecule has 0 N–H and O–H groups in total. The van der Waals surface area contributed by atoms with Crippen LogP contribution in [-0.2, 0) is 6.61 Å². The van der Waals surface area contributed by atoms with Crippen molar-refractivity contribution in [2.75, 3.05) is 7.11 Å². The molecule has 4 heteroatoms. The predicted molar refractivity (Wildman–Crippen MR) is 53.8 cm³/mol. The third-order valence-electron chi connectivity index (χ3n) is 2.00. The highest BCUT2D eigenvalue weighted by Gasteiger charge is 2.03. The van der Waals surface area contributed by atoms with Crippen molar-refractivity contribution in [1.29, 1.82) is 0 Å². The second kappa shape index (κ2) is 4.50. The molecule has 1 aromatic heterocycles. The second-order valence-electron chi connectivity index (χ2n) is 2.96. The van der Waals surface area contributed by atoms with E-state index >= 15 is 0 Å². The third-order valence-corrected chi connectivity index (χ3v) is 2.00. The van der Waals surface area contributed by atoms with Gasteiger partial charge in [-0.15, -0.1) is 0 Å². The fourth-order valence-electron chi connectivity index (χ4n) is 1.25. The van der Waals surface area contributed by atoms with E-state index in [0.717, 1.165) is 11.3 Å². The summed E-state index contributed by atoms with van der Waals surface area (Å²) < 4.78 is 15.3. The molecule has 0 bridgehead atoms. The summed E-state index contributed by atoms with van der Waals surface area (Å²) in [5.41, 5.74) is 0.987. The molecule has 0 atom stereocenters. The Morgan fingerprint density at radius 2 is 2.20 bits per heavy atom. The third kappa shape index (κ3) is 2.28. The summed E-state index contributed by atoms with van der Waals surface area (Å²) in [5.74, 6) is 1.43. The summed E-state index contributed by atoms with van der Waals surface area (Å²) in [6.45, 7) is 0.436. The van der Waals surface area contributed by atoms with E-state index in [0.29, 0.717) is 12.4 Å². The van der Waals surface area contributed by atoms with Gasteiger partial charge in [-0.1, -0.05) is 23.4 Å². The number of para-hydroxylation sites is 1. The zero-order chi connectivity index (χ0) is 10.5. The lowest BCUT2D eigenvalue weighted by molar-refractivity contribution is 0.292. The molecule has 0 fully saturated rings. The Kier molecular flexibility index (Phi) is 2.88. The smallest absolute Gasteiger partial charge is 0.179 e. The number of methoxy groups -OCH3 is 1. The Labute approximate surface area is 87.4 Å². The maximum atomic E-state index is 5.44. The maximum absolute atomic E-state index is 5.44. The van der Waals surface area contributed by atoms with Crippen LogP contribution in [0.4, 0.5) is 0 Å². The Morgan fingerprint density at radius 3 is 2.93 bits per heavy atom. The van der Waals surface area contributed by atoms with Crippen LogP contribution in [0.25, 0.3) is 0 Å². The van der Waals surface area contributed by atoms with Crippen molar-refractivity contribution in [2.24, 2.45) is 0 Å². The quantitative estimate of drug-likeness (QED) is 0.768. The molecule has 2 aromatic rings. The highest BCUT2D eigenvalue weighted by Crippen LogP contribution is 2.19. The van der Waals surface area contributed by atoms with Crippen molar-refractivity contribution in [3.05, 3.63) is 42.3 Å². The van der Waals surface area contributed by atoms with E-state index in [1.807, 2.05) is 24.3 Å². The van der Waals surface area contributed by atoms with Gasteiger partial charge in [0.05, 0.1) is 7.11 Å². The van der Waals surface area contributed by atoms with Crippen molar-refractivity contribution in [3.8, 4) is 11.5 Å². The standard InChI is InChI=1S/C11H11NO3/c1-13-11-5-3-2-4-9(11)7-14-10-6-12-15-8-10/h2-6,8H,7H2,1H3. The average molecular weight is 205 g/mol. The van der Waals surface area contributed by atoms with Gasteiger partial charge >= 0.3 is 0 Å². The molecule has 15 heavy (non-hydrogen) atoms. The zero-order valence-electron chi connectivity index (χ0n) is 8.34. The molecule has 0 saturated carbocycles. The lowest BCUT2D eigenvalue weighted by Gasteiger charge is -2.07. The van der Waals surface area contributed by atoms with Crippen molar-refractivity contribution in [1.82, 2.24) is 5.16 Å². The molecular formula is C11H11NO3. The number of hydrogen-bond donors (Lipinski definition) is 0. The summed E-state index contributed by atoms with van der Waals surface area (Å²) in [7, 11) is 1.64. The van der Waals surface area contributed by atoms with Crippen molar-refractivity contribution in [3.63, 3.8) is 0 Å². The van der Waals surface area contributed by atoms with E-state index in [2.05, 4.69) is 9.68 Å². The first-order chi connectivity index (χ1) is 7.40. The fraction of sp³-hybridized carbons (Fsp3) is 0.182. The summed E-state index contributed by atoms with van der Waals surface area (Å²) >= 11 is 0. The Hall–Kier alpha value is -1.97. The Morgan fingerprint density at radius 1 is 1.33 bits per heavy atom. The van der Waals surface area contributed by atoms with Gasteiger partial charge in [-0.25, -0.2) is 0 Å². The van der Waals surface area contributed by atoms with Gasteiger partial charge in [0, 0.05) is 5.56 Å². The van der Waals surface area contributed by atoms with Crippen LogP contribution in [-0.4, -0.2) is 12.3 Å². The van der Waals surface area contributed by atoms with Gasteiger partial charge in [-0.3, -0.25) is 0 Å². The molecule has 1 aromatic carbocycles. The Balaban J connectivity index is 2.04. The van der Waals surface area contributed by atoms with Crippen molar-refractivity contribution in [2.45, 2.75) is 6.61 Å². The SMILES string of the molecule is COc1ccccc1COc1cnoc1. The van der Waals surface area contributed by atoms with Crippen molar-refractivity contribution < 1.29 is 14.0 Å². The van der Waals surface area contributed by atoms with E-state index < -0.39 is 0 Å². The normalized spacial score (nSPS) is 9.93. The molecule has 4 nitrogen and oxygen atoms in total. The molecule has 2 rings (SSSR count). The molecule has 1 heterocycles. The number of hydrogen-bond acceptors (Lipinski definition) is 4. The number of ether oxygens (including phenoxy) is 2. The zero-order valence-corrected chi connectivity index (χ0v) is 8.34. The molecule has 0 spiro atoms. The van der Waals surface area contributed by atoms with Crippen LogP contribution in [0.2, 0.25) is 0 Å². The second-order valence-corrected chi connectivity index (χ2v) is 2.96. The first-order valence-electron chi connectivity index (χ1n) is 4.54. The van der Waals surface area contributed by atoms with Crippen LogP contribution in [0.15, 0.2) is 41.2 Å². The minimum atomic E-state index is 0.436. The molecule has 0 aliphatic rings. The van der Waals surface area contributed by atoms with Gasteiger partial charge < -0.3 is 14.0 Å². The summed E-state index contributed by atoms with van der Waals surface area (Å²) in [6.07, 6.45) is 2.98. The van der Waals surface area contributed by atoms with E-state index in [9.17, 15) is 0 Å². The van der Waals surface area contributed by atoms with Gasteiger partial charge in [0.2, 0.25) is 0 Å². The molecule has 0 aliphatic carbocycles. The lowest BCUT2D eigenvalue weighted by Crippen LogP contribution is -1.97. The molecule has 0 aliphatic heterocycles. The largest absolute Gasteiger partial charge is 0.496 e. The molecule has 78 valence electrons. The molecule has 0 amide bonds. The minimum absolute atomic E-state index is 0.436. The van der Waals surface area contributed by atoms with Crippen LogP contribution in [0.1, 0.15) is 5.56 Å². The average Bonchev–Trinajstić information content (AvgIpc) is 2.79. The number of nitrogens with zero attached hydrogens (tertiary/aromatic N) is 1. The van der Waals surface area contributed by atoms with Crippen LogP contribution >= 0.6 is 0 Å². The van der Waals surface area contributed by atoms with E-state index in [-0.39, 0.29) is 0 Å². The maximum Gasteiger partial charge on any atom is 0.179 e. The monoisotopic (exact) mass is 205 g/mol. The Bertz CT molecular complexity index is 412. The number of rotatable bonds is 4. The topological polar surface area (TPSA) is 44.5 Å². The summed E-state index contributed by atoms with van der Waals surface area (Å²) in [5, 5.41) is 3.55. The number of aromatic nitrogens is 1. The predicted octanol–water partition coefficient (Wildman–Crippen LogP) is 2.26. The molecule has 0 unspecified atom stereocenters. The summed E-state index contributed by atoms with van der Waals surface area (Å²) in [4.78, 5) is 0. The van der Waals surface area contributed by atoms with Crippen molar-refractivity contribution >= 4 is 0 Å². The highest BCUT2D eigenvalue weighted by molar-refractivity contribution is 5.32. The fourth-order valence-corrected chi connectivity index (χ4v) is 1.25. The van der Waals surface area contributed by atoms with E-state index in [4.69, 9.17) is 9.47 Å². The highest BCUT2D eigenvalue weighted by atomic mass is 16.5. The molecule has 0 saturated heterocycles. The lowest BCUT2D eigenvalue weighted by atomic mass is 10.2. The van der Waals surface area contributed by atoms with E-state index in [1.165, 1.54) is 12.5 Å². The van der Waals surface area contributed by atoms with Gasteiger partial charge in [0.1, 0.15) is 18.6 Å². The van der Waals surface area contributed by atoms with Crippen LogP contribution in [0.5, 0.6) is 11.5 Å². The molecular weight excluding hydrogens is 194 g/mol. The summed E-state index contributed by atoms with van der Waals surface area (Å²) in [6, 6.07) is 7.70. The number of benzene rings is 1. The van der Waals surface area contributed by atoms with E-state index in [1.54, 1.807) is 7.11 Å². The van der Waals surface area contributed by atoms with Crippen LogP contribution < -0.4 is 9.47 Å².